The van der Waals surface area contributed by atoms with E-state index >= 15 is 0 Å². The van der Waals surface area contributed by atoms with Crippen molar-refractivity contribution in [3.05, 3.63) is 58.9 Å². The number of nitrogens with zero attached hydrogens (tertiary/aromatic N) is 3. The summed E-state index contributed by atoms with van der Waals surface area (Å²) in [6, 6.07) is 9.15. The summed E-state index contributed by atoms with van der Waals surface area (Å²) in [7, 11) is 1.58. The average molecular weight is 353 g/mol. The highest BCUT2D eigenvalue weighted by Gasteiger charge is 2.27. The molecule has 0 N–H and O–H groups in total. The zero-order chi connectivity index (χ0) is 18.7. The smallest absolute Gasteiger partial charge is 0.272 e. The molecule has 2 aromatic rings. The molecule has 136 valence electrons. The van der Waals surface area contributed by atoms with Crippen LogP contribution < -0.4 is 4.74 Å². The van der Waals surface area contributed by atoms with Crippen molar-refractivity contribution in [1.82, 2.24) is 14.8 Å². The molecule has 2 heterocycles. The normalized spacial score (nSPS) is 14.3. The third-order valence-corrected chi connectivity index (χ3v) is 4.59. The van der Waals surface area contributed by atoms with E-state index in [2.05, 4.69) is 4.98 Å². The van der Waals surface area contributed by atoms with Crippen molar-refractivity contribution >= 4 is 11.8 Å². The lowest BCUT2D eigenvalue weighted by molar-refractivity contribution is 0.0530. The second-order valence-corrected chi connectivity index (χ2v) is 6.46. The van der Waals surface area contributed by atoms with Gasteiger partial charge >= 0.3 is 0 Å². The first-order chi connectivity index (χ1) is 12.5. The van der Waals surface area contributed by atoms with Crippen LogP contribution in [0.15, 0.2) is 36.5 Å². The Balaban J connectivity index is 1.71. The number of hydrogen-bond acceptors (Lipinski definition) is 4. The van der Waals surface area contributed by atoms with Crippen LogP contribution in [0.5, 0.6) is 5.75 Å². The van der Waals surface area contributed by atoms with Gasteiger partial charge in [0.05, 0.1) is 12.7 Å². The van der Waals surface area contributed by atoms with Crippen LogP contribution in [0.1, 0.15) is 32.0 Å². The predicted octanol–water partition coefficient (Wildman–Crippen LogP) is 2.31. The third kappa shape index (κ3) is 3.54. The molecular weight excluding hydrogens is 330 g/mol. The lowest BCUT2D eigenvalue weighted by Gasteiger charge is -2.35. The molecule has 1 fully saturated rings. The Morgan fingerprint density at radius 3 is 2.23 bits per heavy atom. The molecule has 1 aliphatic rings. The first-order valence-corrected chi connectivity index (χ1v) is 8.66. The van der Waals surface area contributed by atoms with Crippen molar-refractivity contribution in [2.45, 2.75) is 13.8 Å². The maximum atomic E-state index is 13.0. The van der Waals surface area contributed by atoms with E-state index in [0.29, 0.717) is 43.2 Å². The zero-order valence-corrected chi connectivity index (χ0v) is 15.4. The molecule has 1 aliphatic heterocycles. The summed E-state index contributed by atoms with van der Waals surface area (Å²) in [4.78, 5) is 33.1. The Hall–Kier alpha value is -2.89. The monoisotopic (exact) mass is 353 g/mol. The number of benzene rings is 1. The van der Waals surface area contributed by atoms with Gasteiger partial charge in [0.1, 0.15) is 11.4 Å². The van der Waals surface area contributed by atoms with Gasteiger partial charge in [-0.2, -0.15) is 0 Å². The SMILES string of the molecule is COc1c(C)cc(C)cc1C(=O)N1CCN(C(=O)c2ccccn2)CC1. The van der Waals surface area contributed by atoms with E-state index in [1.165, 1.54) is 0 Å². The Bertz CT molecular complexity index is 813. The number of piperazine rings is 1. The highest BCUT2D eigenvalue weighted by molar-refractivity contribution is 5.98. The molecule has 1 aromatic heterocycles. The van der Waals surface area contributed by atoms with Crippen LogP contribution in [0.4, 0.5) is 0 Å². The fourth-order valence-corrected chi connectivity index (χ4v) is 3.32. The lowest BCUT2D eigenvalue weighted by Crippen LogP contribution is -2.50. The molecule has 6 nitrogen and oxygen atoms in total. The number of aryl methyl sites for hydroxylation is 2. The van der Waals surface area contributed by atoms with Gasteiger partial charge in [0.25, 0.3) is 11.8 Å². The van der Waals surface area contributed by atoms with Gasteiger partial charge in [-0.05, 0) is 43.2 Å². The minimum atomic E-state index is -0.0957. The van der Waals surface area contributed by atoms with Crippen LogP contribution in [0.2, 0.25) is 0 Å². The largest absolute Gasteiger partial charge is 0.496 e. The Morgan fingerprint density at radius 1 is 1.00 bits per heavy atom. The van der Waals surface area contributed by atoms with Crippen molar-refractivity contribution < 1.29 is 14.3 Å². The van der Waals surface area contributed by atoms with E-state index in [-0.39, 0.29) is 11.8 Å². The summed E-state index contributed by atoms with van der Waals surface area (Å²) in [6.07, 6.45) is 1.61. The molecule has 1 saturated heterocycles. The van der Waals surface area contributed by atoms with Crippen molar-refractivity contribution in [2.75, 3.05) is 33.3 Å². The molecule has 2 amide bonds. The number of carbonyl (C=O) groups is 2. The summed E-state index contributed by atoms with van der Waals surface area (Å²) < 4.78 is 5.44. The van der Waals surface area contributed by atoms with E-state index in [4.69, 9.17) is 4.74 Å². The van der Waals surface area contributed by atoms with Gasteiger partial charge in [-0.25, -0.2) is 0 Å². The highest BCUT2D eigenvalue weighted by Crippen LogP contribution is 2.26. The van der Waals surface area contributed by atoms with E-state index in [9.17, 15) is 9.59 Å². The zero-order valence-electron chi connectivity index (χ0n) is 15.4. The molecule has 26 heavy (non-hydrogen) atoms. The topological polar surface area (TPSA) is 62.7 Å². The number of carbonyl (C=O) groups excluding carboxylic acids is 2. The fraction of sp³-hybridized carbons (Fsp3) is 0.350. The number of ether oxygens (including phenoxy) is 1. The van der Waals surface area contributed by atoms with E-state index in [1.54, 1.807) is 41.3 Å². The van der Waals surface area contributed by atoms with Gasteiger partial charge in [-0.1, -0.05) is 12.1 Å². The van der Waals surface area contributed by atoms with E-state index in [0.717, 1.165) is 11.1 Å². The Morgan fingerprint density at radius 2 is 1.65 bits per heavy atom. The molecule has 6 heteroatoms. The van der Waals surface area contributed by atoms with Crippen molar-refractivity contribution in [2.24, 2.45) is 0 Å². The van der Waals surface area contributed by atoms with Crippen molar-refractivity contribution in [3.63, 3.8) is 0 Å². The second kappa shape index (κ2) is 7.56. The molecule has 0 radical (unpaired) electrons. The summed E-state index contributed by atoms with van der Waals surface area (Å²) in [5.74, 6) is 0.466. The standard InChI is InChI=1S/C20H23N3O3/c1-14-12-15(2)18(26-3)16(13-14)19(24)22-8-10-23(11-9-22)20(25)17-6-4-5-7-21-17/h4-7,12-13H,8-11H2,1-3H3. The number of rotatable bonds is 3. The van der Waals surface area contributed by atoms with Crippen LogP contribution in [-0.4, -0.2) is 59.9 Å². The fourth-order valence-electron chi connectivity index (χ4n) is 3.32. The summed E-state index contributed by atoms with van der Waals surface area (Å²) in [6.45, 7) is 5.88. The van der Waals surface area contributed by atoms with Gasteiger partial charge in [-0.3, -0.25) is 14.6 Å². The third-order valence-electron chi connectivity index (χ3n) is 4.59. The number of hydrogen-bond donors (Lipinski definition) is 0. The molecule has 0 aliphatic carbocycles. The highest BCUT2D eigenvalue weighted by atomic mass is 16.5. The van der Waals surface area contributed by atoms with Crippen LogP contribution in [0.3, 0.4) is 0 Å². The summed E-state index contributed by atoms with van der Waals surface area (Å²) in [5.41, 5.74) is 2.98. The van der Waals surface area contributed by atoms with Crippen LogP contribution in [0.25, 0.3) is 0 Å². The molecule has 0 spiro atoms. The first kappa shape index (κ1) is 17.9. The average Bonchev–Trinajstić information content (AvgIpc) is 2.67. The quantitative estimate of drug-likeness (QED) is 0.849. The number of pyridine rings is 1. The number of amides is 2. The number of methoxy groups -OCH3 is 1. The van der Waals surface area contributed by atoms with Crippen LogP contribution in [-0.2, 0) is 0 Å². The maximum Gasteiger partial charge on any atom is 0.272 e. The molecule has 0 bridgehead atoms. The minimum Gasteiger partial charge on any atom is -0.496 e. The van der Waals surface area contributed by atoms with Crippen molar-refractivity contribution in [1.29, 1.82) is 0 Å². The van der Waals surface area contributed by atoms with E-state index in [1.807, 2.05) is 26.0 Å². The lowest BCUT2D eigenvalue weighted by atomic mass is 10.0. The summed E-state index contributed by atoms with van der Waals surface area (Å²) >= 11 is 0. The van der Waals surface area contributed by atoms with Gasteiger partial charge in [0.15, 0.2) is 0 Å². The summed E-state index contributed by atoms with van der Waals surface area (Å²) in [5, 5.41) is 0. The van der Waals surface area contributed by atoms with Crippen LogP contribution in [0, 0.1) is 13.8 Å². The number of aromatic nitrogens is 1. The second-order valence-electron chi connectivity index (χ2n) is 6.46. The molecule has 0 atom stereocenters. The Kier molecular flexibility index (Phi) is 5.21. The predicted molar refractivity (Wildman–Crippen MR) is 98.5 cm³/mol. The van der Waals surface area contributed by atoms with Gasteiger partial charge in [0.2, 0.25) is 0 Å². The Labute approximate surface area is 153 Å². The first-order valence-electron chi connectivity index (χ1n) is 8.66. The van der Waals surface area contributed by atoms with Gasteiger partial charge in [-0.15, -0.1) is 0 Å². The van der Waals surface area contributed by atoms with Gasteiger partial charge in [0, 0.05) is 32.4 Å². The molecule has 3 rings (SSSR count). The van der Waals surface area contributed by atoms with E-state index < -0.39 is 0 Å². The maximum absolute atomic E-state index is 13.0. The minimum absolute atomic E-state index is 0.0569. The molecule has 1 aromatic carbocycles. The molecule has 0 saturated carbocycles. The molecule has 0 unspecified atom stereocenters. The van der Waals surface area contributed by atoms with Gasteiger partial charge < -0.3 is 14.5 Å². The van der Waals surface area contributed by atoms with Crippen molar-refractivity contribution in [3.8, 4) is 5.75 Å². The van der Waals surface area contributed by atoms with Crippen LogP contribution >= 0.6 is 0 Å². The molecular formula is C20H23N3O3.